The standard InChI is InChI=1S/C26H25N7/c27-15-10-26(28,11-15)23-22-18(14-4-3-5-14)12-29-13-20(22)32-24(33-23)17-8-9-30-25-21(17)16-6-1-2-7-19(16)31-25/h1-2,6-9,12-15H,3-5,10-11,27-28H2,(H,30,31). The number of pyridine rings is 2. The van der Waals surface area contributed by atoms with Crippen molar-refractivity contribution in [3.05, 3.63) is 60.2 Å². The lowest BCUT2D eigenvalue weighted by Crippen LogP contribution is -2.55. The summed E-state index contributed by atoms with van der Waals surface area (Å²) >= 11 is 0. The van der Waals surface area contributed by atoms with Crippen LogP contribution in [0.25, 0.3) is 44.2 Å². The summed E-state index contributed by atoms with van der Waals surface area (Å²) in [5.41, 5.74) is 18.4. The van der Waals surface area contributed by atoms with E-state index in [9.17, 15) is 0 Å². The predicted molar refractivity (Wildman–Crippen MR) is 130 cm³/mol. The number of nitrogens with zero attached hydrogens (tertiary/aromatic N) is 4. The average molecular weight is 436 g/mol. The Morgan fingerprint density at radius 3 is 2.64 bits per heavy atom. The van der Waals surface area contributed by atoms with Gasteiger partial charge in [0.1, 0.15) is 5.65 Å². The number of fused-ring (bicyclic) bond motifs is 4. The van der Waals surface area contributed by atoms with Gasteiger partial charge in [0, 0.05) is 45.7 Å². The van der Waals surface area contributed by atoms with E-state index in [1.54, 1.807) is 6.20 Å². The molecule has 0 atom stereocenters. The van der Waals surface area contributed by atoms with Gasteiger partial charge in [0.05, 0.1) is 22.9 Å². The van der Waals surface area contributed by atoms with E-state index in [2.05, 4.69) is 27.1 Å². The molecule has 2 fully saturated rings. The summed E-state index contributed by atoms with van der Waals surface area (Å²) in [6.07, 6.45) is 10.7. The van der Waals surface area contributed by atoms with E-state index < -0.39 is 5.54 Å². The van der Waals surface area contributed by atoms with Crippen molar-refractivity contribution in [2.24, 2.45) is 11.5 Å². The van der Waals surface area contributed by atoms with Crippen LogP contribution in [0.4, 0.5) is 0 Å². The first-order chi connectivity index (χ1) is 16.1. The van der Waals surface area contributed by atoms with Crippen LogP contribution in [0, 0.1) is 0 Å². The summed E-state index contributed by atoms with van der Waals surface area (Å²) in [6, 6.07) is 10.3. The summed E-state index contributed by atoms with van der Waals surface area (Å²) in [5, 5.41) is 3.21. The molecule has 4 aromatic heterocycles. The summed E-state index contributed by atoms with van der Waals surface area (Å²) < 4.78 is 0. The summed E-state index contributed by atoms with van der Waals surface area (Å²) in [5.74, 6) is 1.17. The van der Waals surface area contributed by atoms with Gasteiger partial charge in [-0.1, -0.05) is 24.6 Å². The van der Waals surface area contributed by atoms with E-state index in [0.29, 0.717) is 11.7 Å². The molecule has 0 aliphatic heterocycles. The number of aromatic nitrogens is 5. The number of H-pyrrole nitrogens is 1. The Balaban J connectivity index is 1.53. The van der Waals surface area contributed by atoms with Crippen molar-refractivity contribution in [2.45, 2.75) is 49.6 Å². The fourth-order valence-corrected chi connectivity index (χ4v) is 5.64. The number of hydrogen-bond acceptors (Lipinski definition) is 6. The molecule has 0 amide bonds. The number of rotatable bonds is 3. The average Bonchev–Trinajstić information content (AvgIpc) is 3.15. The first-order valence-electron chi connectivity index (χ1n) is 11.7. The third-order valence-corrected chi connectivity index (χ3v) is 7.55. The zero-order valence-electron chi connectivity index (χ0n) is 18.3. The molecule has 5 N–H and O–H groups in total. The highest BCUT2D eigenvalue weighted by Crippen LogP contribution is 2.46. The molecular weight excluding hydrogens is 410 g/mol. The second-order valence-electron chi connectivity index (χ2n) is 9.72. The minimum Gasteiger partial charge on any atom is -0.339 e. The molecule has 7 heteroatoms. The van der Waals surface area contributed by atoms with Gasteiger partial charge in [-0.2, -0.15) is 0 Å². The zero-order chi connectivity index (χ0) is 22.2. The van der Waals surface area contributed by atoms with Crippen molar-refractivity contribution >= 4 is 32.8 Å². The smallest absolute Gasteiger partial charge is 0.161 e. The Morgan fingerprint density at radius 1 is 1.00 bits per heavy atom. The number of benzene rings is 1. The second-order valence-corrected chi connectivity index (χ2v) is 9.72. The molecule has 0 spiro atoms. The maximum atomic E-state index is 6.93. The summed E-state index contributed by atoms with van der Waals surface area (Å²) in [6.45, 7) is 0. The molecule has 0 radical (unpaired) electrons. The van der Waals surface area contributed by atoms with Crippen LogP contribution in [0.3, 0.4) is 0 Å². The summed E-state index contributed by atoms with van der Waals surface area (Å²) in [4.78, 5) is 22.8. The second kappa shape index (κ2) is 6.79. The molecule has 1 aromatic carbocycles. The molecular formula is C26H25N7. The van der Waals surface area contributed by atoms with Crippen molar-refractivity contribution < 1.29 is 0 Å². The number of nitrogens with two attached hydrogens (primary N) is 2. The van der Waals surface area contributed by atoms with Gasteiger partial charge >= 0.3 is 0 Å². The van der Waals surface area contributed by atoms with Gasteiger partial charge in [-0.05, 0) is 49.3 Å². The molecule has 2 saturated carbocycles. The molecule has 164 valence electrons. The van der Waals surface area contributed by atoms with Crippen molar-refractivity contribution in [1.82, 2.24) is 24.9 Å². The normalized spacial score (nSPS) is 23.2. The summed E-state index contributed by atoms with van der Waals surface area (Å²) in [7, 11) is 0. The van der Waals surface area contributed by atoms with Crippen LogP contribution in [0.5, 0.6) is 0 Å². The number of para-hydroxylation sites is 1. The fraction of sp³-hybridized carbons (Fsp3) is 0.308. The minimum absolute atomic E-state index is 0.110. The lowest BCUT2D eigenvalue weighted by Gasteiger charge is -2.43. The van der Waals surface area contributed by atoms with Crippen molar-refractivity contribution in [3.8, 4) is 11.4 Å². The maximum Gasteiger partial charge on any atom is 0.161 e. The van der Waals surface area contributed by atoms with E-state index in [0.717, 1.165) is 56.9 Å². The Labute approximate surface area is 190 Å². The quantitative estimate of drug-likeness (QED) is 0.389. The molecule has 7 nitrogen and oxygen atoms in total. The van der Waals surface area contributed by atoms with Crippen molar-refractivity contribution in [1.29, 1.82) is 0 Å². The SMILES string of the molecule is NC1CC(N)(c2nc(-c3ccnc4[nH]c5ccccc5c34)nc3cncc(C4CCC4)c23)C1. The van der Waals surface area contributed by atoms with Gasteiger partial charge in [-0.3, -0.25) is 4.98 Å². The van der Waals surface area contributed by atoms with Crippen LogP contribution in [0.1, 0.15) is 49.3 Å². The van der Waals surface area contributed by atoms with E-state index in [-0.39, 0.29) is 6.04 Å². The van der Waals surface area contributed by atoms with E-state index in [1.807, 2.05) is 30.6 Å². The zero-order valence-corrected chi connectivity index (χ0v) is 18.3. The molecule has 4 heterocycles. The van der Waals surface area contributed by atoms with Gasteiger partial charge in [-0.25, -0.2) is 15.0 Å². The Kier molecular flexibility index (Phi) is 3.93. The lowest BCUT2D eigenvalue weighted by atomic mass is 9.69. The molecule has 5 aromatic rings. The van der Waals surface area contributed by atoms with Gasteiger partial charge in [0.15, 0.2) is 5.82 Å². The fourth-order valence-electron chi connectivity index (χ4n) is 5.64. The van der Waals surface area contributed by atoms with E-state index in [4.69, 9.17) is 21.4 Å². The third-order valence-electron chi connectivity index (χ3n) is 7.55. The van der Waals surface area contributed by atoms with Gasteiger partial charge in [0.2, 0.25) is 0 Å². The molecule has 0 bridgehead atoms. The predicted octanol–water partition coefficient (Wildman–Crippen LogP) is 4.26. The van der Waals surface area contributed by atoms with Crippen molar-refractivity contribution in [3.63, 3.8) is 0 Å². The van der Waals surface area contributed by atoms with E-state index >= 15 is 0 Å². The van der Waals surface area contributed by atoms with Crippen LogP contribution in [0.15, 0.2) is 48.9 Å². The molecule has 33 heavy (non-hydrogen) atoms. The van der Waals surface area contributed by atoms with Crippen LogP contribution < -0.4 is 11.5 Å². The molecule has 2 aliphatic rings. The minimum atomic E-state index is -0.540. The van der Waals surface area contributed by atoms with E-state index in [1.165, 1.54) is 24.8 Å². The molecule has 0 saturated heterocycles. The maximum absolute atomic E-state index is 6.93. The largest absolute Gasteiger partial charge is 0.339 e. The Morgan fingerprint density at radius 2 is 1.85 bits per heavy atom. The highest BCUT2D eigenvalue weighted by atomic mass is 15.0. The number of nitrogens with one attached hydrogen (secondary N) is 1. The third kappa shape index (κ3) is 2.76. The molecule has 2 aliphatic carbocycles. The van der Waals surface area contributed by atoms with Crippen LogP contribution >= 0.6 is 0 Å². The highest BCUT2D eigenvalue weighted by molar-refractivity contribution is 6.12. The van der Waals surface area contributed by atoms with Gasteiger partial charge < -0.3 is 16.5 Å². The number of hydrogen-bond donors (Lipinski definition) is 3. The van der Waals surface area contributed by atoms with Crippen LogP contribution in [0.2, 0.25) is 0 Å². The first kappa shape index (κ1) is 19.1. The monoisotopic (exact) mass is 435 g/mol. The van der Waals surface area contributed by atoms with Crippen LogP contribution in [-0.2, 0) is 5.54 Å². The van der Waals surface area contributed by atoms with Crippen molar-refractivity contribution in [2.75, 3.05) is 0 Å². The number of aromatic amines is 1. The topological polar surface area (TPSA) is 119 Å². The van der Waals surface area contributed by atoms with Gasteiger partial charge in [-0.15, -0.1) is 0 Å². The first-order valence-corrected chi connectivity index (χ1v) is 11.7. The molecule has 0 unspecified atom stereocenters. The highest BCUT2D eigenvalue weighted by Gasteiger charge is 2.44. The van der Waals surface area contributed by atoms with Crippen LogP contribution in [-0.4, -0.2) is 31.0 Å². The van der Waals surface area contributed by atoms with Gasteiger partial charge in [0.25, 0.3) is 0 Å². The Hall–Kier alpha value is -3.42. The molecule has 7 rings (SSSR count). The Bertz CT molecular complexity index is 1540. The lowest BCUT2D eigenvalue weighted by molar-refractivity contribution is 0.207.